The molecule has 0 amide bonds. The molecule has 0 spiro atoms. The van der Waals surface area contributed by atoms with Gasteiger partial charge in [-0.1, -0.05) is 86.3 Å². The number of benzene rings is 2. The van der Waals surface area contributed by atoms with Crippen LogP contribution in [0.15, 0.2) is 60.7 Å². The maximum Gasteiger partial charge on any atom is 0.00542 e. The average Bonchev–Trinajstić information content (AvgIpc) is 3.29. The van der Waals surface area contributed by atoms with E-state index < -0.39 is 0 Å². The first kappa shape index (κ1) is 24.1. The lowest BCUT2D eigenvalue weighted by molar-refractivity contribution is 0.150. The number of piperidine rings is 1. The van der Waals surface area contributed by atoms with Gasteiger partial charge in [0, 0.05) is 32.1 Å². The Morgan fingerprint density at radius 2 is 1.35 bits per heavy atom. The molecule has 1 aliphatic carbocycles. The molecule has 3 fully saturated rings. The first-order valence-corrected chi connectivity index (χ1v) is 14.4. The van der Waals surface area contributed by atoms with Crippen LogP contribution >= 0.6 is 0 Å². The van der Waals surface area contributed by atoms with Crippen molar-refractivity contribution in [3.63, 3.8) is 0 Å². The molecule has 2 aromatic rings. The molecule has 2 nitrogen and oxygen atoms in total. The van der Waals surface area contributed by atoms with Gasteiger partial charge >= 0.3 is 0 Å². The highest BCUT2D eigenvalue weighted by Gasteiger charge is 2.36. The molecule has 0 bridgehead atoms. The minimum Gasteiger partial charge on any atom is -0.303 e. The summed E-state index contributed by atoms with van der Waals surface area (Å²) in [5, 5.41) is 0. The zero-order chi connectivity index (χ0) is 23.0. The third-order valence-corrected chi connectivity index (χ3v) is 9.11. The van der Waals surface area contributed by atoms with Crippen molar-refractivity contribution >= 4 is 0 Å². The van der Waals surface area contributed by atoms with E-state index in [0.29, 0.717) is 5.92 Å². The summed E-state index contributed by atoms with van der Waals surface area (Å²) < 4.78 is 0. The van der Waals surface area contributed by atoms with Crippen LogP contribution in [0.2, 0.25) is 0 Å². The molecular weight excluding hydrogens is 412 g/mol. The van der Waals surface area contributed by atoms with Crippen LogP contribution in [0.25, 0.3) is 0 Å². The highest BCUT2D eigenvalue weighted by atomic mass is 15.2. The molecule has 2 aliphatic heterocycles. The number of hydrogen-bond acceptors (Lipinski definition) is 2. The van der Waals surface area contributed by atoms with Gasteiger partial charge in [-0.25, -0.2) is 0 Å². The second-order valence-electron chi connectivity index (χ2n) is 11.6. The maximum absolute atomic E-state index is 2.84. The summed E-state index contributed by atoms with van der Waals surface area (Å²) in [7, 11) is 0. The Morgan fingerprint density at radius 1 is 0.647 bits per heavy atom. The summed E-state index contributed by atoms with van der Waals surface area (Å²) in [5.41, 5.74) is 3.08. The fourth-order valence-corrected chi connectivity index (χ4v) is 7.14. The van der Waals surface area contributed by atoms with Gasteiger partial charge in [-0.15, -0.1) is 0 Å². The Morgan fingerprint density at radius 3 is 2.09 bits per heavy atom. The van der Waals surface area contributed by atoms with Crippen molar-refractivity contribution in [3.8, 4) is 0 Å². The SMILES string of the molecule is c1ccc(CCCC2CCN(CC3CN(CC4CCCCC4)CC3c3ccccc3)CC2)cc1. The van der Waals surface area contributed by atoms with E-state index in [1.54, 1.807) is 5.56 Å². The van der Waals surface area contributed by atoms with Gasteiger partial charge in [0.25, 0.3) is 0 Å². The van der Waals surface area contributed by atoms with Crippen LogP contribution in [0, 0.1) is 17.8 Å². The van der Waals surface area contributed by atoms with Crippen molar-refractivity contribution in [1.82, 2.24) is 9.80 Å². The zero-order valence-electron chi connectivity index (χ0n) is 21.3. The van der Waals surface area contributed by atoms with Crippen LogP contribution in [0.5, 0.6) is 0 Å². The number of likely N-dealkylation sites (tertiary alicyclic amines) is 2. The topological polar surface area (TPSA) is 6.48 Å². The van der Waals surface area contributed by atoms with Crippen molar-refractivity contribution < 1.29 is 0 Å². The van der Waals surface area contributed by atoms with Gasteiger partial charge in [0.05, 0.1) is 0 Å². The first-order chi connectivity index (χ1) is 16.8. The average molecular weight is 459 g/mol. The minimum atomic E-state index is 0.716. The van der Waals surface area contributed by atoms with Gasteiger partial charge < -0.3 is 9.80 Å². The first-order valence-electron chi connectivity index (χ1n) is 14.4. The quantitative estimate of drug-likeness (QED) is 0.398. The van der Waals surface area contributed by atoms with E-state index in [-0.39, 0.29) is 0 Å². The third kappa shape index (κ3) is 6.73. The summed E-state index contributed by atoms with van der Waals surface area (Å²) in [6.07, 6.45) is 14.1. The summed E-state index contributed by atoms with van der Waals surface area (Å²) in [4.78, 5) is 5.66. The fourth-order valence-electron chi connectivity index (χ4n) is 7.14. The summed E-state index contributed by atoms with van der Waals surface area (Å²) in [6, 6.07) is 22.5. The minimum absolute atomic E-state index is 0.716. The smallest absolute Gasteiger partial charge is 0.00542 e. The van der Waals surface area contributed by atoms with Gasteiger partial charge in [-0.3, -0.25) is 0 Å². The molecule has 2 heteroatoms. The lowest BCUT2D eigenvalue weighted by atomic mass is 9.87. The zero-order valence-corrected chi connectivity index (χ0v) is 21.3. The molecule has 3 aliphatic rings. The molecule has 2 unspecified atom stereocenters. The molecule has 2 atom stereocenters. The molecule has 0 aromatic heterocycles. The summed E-state index contributed by atoms with van der Waals surface area (Å²) >= 11 is 0. The van der Waals surface area contributed by atoms with Gasteiger partial charge in [-0.05, 0) is 80.5 Å². The van der Waals surface area contributed by atoms with Gasteiger partial charge in [-0.2, -0.15) is 0 Å². The molecule has 2 heterocycles. The van der Waals surface area contributed by atoms with Crippen LogP contribution in [-0.2, 0) is 6.42 Å². The highest BCUT2D eigenvalue weighted by Crippen LogP contribution is 2.36. The van der Waals surface area contributed by atoms with E-state index in [0.717, 1.165) is 17.8 Å². The van der Waals surface area contributed by atoms with E-state index in [1.807, 2.05) is 0 Å². The second-order valence-corrected chi connectivity index (χ2v) is 11.6. The monoisotopic (exact) mass is 458 g/mol. The fraction of sp³-hybridized carbons (Fsp3) is 0.625. The van der Waals surface area contributed by atoms with Gasteiger partial charge in [0.2, 0.25) is 0 Å². The lowest BCUT2D eigenvalue weighted by Gasteiger charge is -2.35. The normalized spacial score (nSPS) is 25.6. The largest absolute Gasteiger partial charge is 0.303 e. The van der Waals surface area contributed by atoms with E-state index >= 15 is 0 Å². The molecule has 2 saturated heterocycles. The van der Waals surface area contributed by atoms with Gasteiger partial charge in [0.15, 0.2) is 0 Å². The van der Waals surface area contributed by atoms with Crippen LogP contribution < -0.4 is 0 Å². The molecule has 1 saturated carbocycles. The molecule has 184 valence electrons. The summed E-state index contributed by atoms with van der Waals surface area (Å²) in [5.74, 6) is 3.40. The van der Waals surface area contributed by atoms with Crippen molar-refractivity contribution in [2.45, 2.75) is 70.1 Å². The molecule has 34 heavy (non-hydrogen) atoms. The molecule has 0 N–H and O–H groups in total. The molecule has 5 rings (SSSR count). The van der Waals surface area contributed by atoms with Crippen molar-refractivity contribution in [2.75, 3.05) is 39.3 Å². The van der Waals surface area contributed by atoms with Crippen LogP contribution in [0.4, 0.5) is 0 Å². The molecule has 0 radical (unpaired) electrons. The number of rotatable bonds is 9. The number of hydrogen-bond donors (Lipinski definition) is 0. The number of aryl methyl sites for hydroxylation is 1. The third-order valence-electron chi connectivity index (χ3n) is 9.11. The molecule has 2 aromatic carbocycles. The second kappa shape index (κ2) is 12.4. The maximum atomic E-state index is 2.84. The Kier molecular flexibility index (Phi) is 8.75. The van der Waals surface area contributed by atoms with Crippen LogP contribution in [0.3, 0.4) is 0 Å². The van der Waals surface area contributed by atoms with E-state index in [9.17, 15) is 0 Å². The number of nitrogens with zero attached hydrogens (tertiary/aromatic N) is 2. The Bertz CT molecular complexity index is 821. The Hall–Kier alpha value is -1.64. The van der Waals surface area contributed by atoms with Crippen molar-refractivity contribution in [1.29, 1.82) is 0 Å². The lowest BCUT2D eigenvalue weighted by Crippen LogP contribution is -2.39. The summed E-state index contributed by atoms with van der Waals surface area (Å²) in [6.45, 7) is 7.88. The molecular formula is C32H46N2. The van der Waals surface area contributed by atoms with Crippen LogP contribution in [0.1, 0.15) is 74.8 Å². The van der Waals surface area contributed by atoms with E-state index in [1.165, 1.54) is 109 Å². The van der Waals surface area contributed by atoms with Crippen molar-refractivity contribution in [2.24, 2.45) is 17.8 Å². The predicted octanol–water partition coefficient (Wildman–Crippen LogP) is 7.02. The van der Waals surface area contributed by atoms with E-state index in [2.05, 4.69) is 70.5 Å². The van der Waals surface area contributed by atoms with Gasteiger partial charge in [0.1, 0.15) is 0 Å². The van der Waals surface area contributed by atoms with E-state index in [4.69, 9.17) is 0 Å². The predicted molar refractivity (Wildman–Crippen MR) is 144 cm³/mol. The standard InChI is InChI=1S/C32H46N2/c1-4-11-27(12-5-1)15-10-16-28-19-21-33(22-20-28)24-31-25-34(23-29-13-6-2-7-14-29)26-32(31)30-17-8-3-9-18-30/h1,3-5,8-9,11-12,17-18,28-29,31-32H,2,6-7,10,13-16,19-26H2. The van der Waals surface area contributed by atoms with Crippen molar-refractivity contribution in [3.05, 3.63) is 71.8 Å². The Labute approximate surface area is 208 Å². The van der Waals surface area contributed by atoms with Crippen LogP contribution in [-0.4, -0.2) is 49.1 Å². The Balaban J connectivity index is 1.11. The highest BCUT2D eigenvalue weighted by molar-refractivity contribution is 5.22.